The van der Waals surface area contributed by atoms with E-state index in [1.165, 1.54) is 0 Å². The van der Waals surface area contributed by atoms with Gasteiger partial charge in [0, 0.05) is 32.0 Å². The summed E-state index contributed by atoms with van der Waals surface area (Å²) in [5.74, 6) is 2.19. The molecule has 0 bridgehead atoms. The minimum Gasteiger partial charge on any atom is -0.497 e. The number of nitrogens with zero attached hydrogens (tertiary/aromatic N) is 3. The Bertz CT molecular complexity index is 1120. The average molecular weight is 494 g/mol. The molecule has 0 radical (unpaired) electrons. The molecule has 36 heavy (non-hydrogen) atoms. The molecule has 192 valence electrons. The maximum Gasteiger partial charge on any atom is 0.258 e. The second kappa shape index (κ2) is 13.3. The molecule has 0 fully saturated rings. The number of hydrogen-bond donors (Lipinski definition) is 0. The lowest BCUT2D eigenvalue weighted by molar-refractivity contribution is 0.0726. The number of methoxy groups -OCH3 is 3. The van der Waals surface area contributed by atoms with Crippen LogP contribution in [0.1, 0.15) is 27.9 Å². The van der Waals surface area contributed by atoms with Crippen LogP contribution in [0.15, 0.2) is 60.9 Å². The number of carbonyl (C=O) groups is 1. The molecule has 8 nitrogen and oxygen atoms in total. The fourth-order valence-corrected chi connectivity index (χ4v) is 3.78. The Hall–Kier alpha value is -3.78. The minimum atomic E-state index is -0.182. The van der Waals surface area contributed by atoms with Crippen LogP contribution in [0, 0.1) is 0 Å². The molecule has 3 rings (SSSR count). The Balaban J connectivity index is 1.89. The van der Waals surface area contributed by atoms with Gasteiger partial charge in [0.15, 0.2) is 11.5 Å². The van der Waals surface area contributed by atoms with E-state index in [1.54, 1.807) is 56.8 Å². The van der Waals surface area contributed by atoms with Crippen LogP contribution >= 0.6 is 0 Å². The summed E-state index contributed by atoms with van der Waals surface area (Å²) in [7, 11) is 8.81. The molecule has 0 unspecified atom stereocenters. The average Bonchev–Trinajstić information content (AvgIpc) is 2.90. The highest BCUT2D eigenvalue weighted by atomic mass is 16.5. The van der Waals surface area contributed by atoms with Crippen LogP contribution in [-0.4, -0.2) is 69.3 Å². The van der Waals surface area contributed by atoms with E-state index >= 15 is 0 Å². The molecule has 0 saturated carbocycles. The van der Waals surface area contributed by atoms with Gasteiger partial charge in [-0.1, -0.05) is 12.1 Å². The molecule has 0 saturated heterocycles. The SMILES string of the molecule is COc1ccc(OC)c(C(=O)N(Cc2cccnc2)Cc2ccc(OC)c(OCCCN(C)C)c2)c1. The van der Waals surface area contributed by atoms with Crippen molar-refractivity contribution in [1.29, 1.82) is 0 Å². The Morgan fingerprint density at radius 3 is 2.28 bits per heavy atom. The molecule has 8 heteroatoms. The lowest BCUT2D eigenvalue weighted by Gasteiger charge is -2.25. The van der Waals surface area contributed by atoms with Crippen molar-refractivity contribution < 1.29 is 23.7 Å². The molecule has 0 aliphatic rings. The van der Waals surface area contributed by atoms with Crippen molar-refractivity contribution in [2.45, 2.75) is 19.5 Å². The summed E-state index contributed by atoms with van der Waals surface area (Å²) in [6.45, 7) is 2.22. The predicted octanol–water partition coefficient (Wildman–Crippen LogP) is 4.28. The van der Waals surface area contributed by atoms with Gasteiger partial charge in [-0.15, -0.1) is 0 Å². The summed E-state index contributed by atoms with van der Waals surface area (Å²) < 4.78 is 22.4. The predicted molar refractivity (Wildman–Crippen MR) is 139 cm³/mol. The van der Waals surface area contributed by atoms with Crippen molar-refractivity contribution in [1.82, 2.24) is 14.8 Å². The summed E-state index contributed by atoms with van der Waals surface area (Å²) >= 11 is 0. The van der Waals surface area contributed by atoms with Gasteiger partial charge in [0.05, 0.1) is 33.5 Å². The Morgan fingerprint density at radius 2 is 1.61 bits per heavy atom. The van der Waals surface area contributed by atoms with Gasteiger partial charge < -0.3 is 28.7 Å². The standard InChI is InChI=1S/C28H35N3O5/c1-30(2)14-7-15-36-27-16-21(9-11-26(27)35-5)19-31(20-22-8-6-13-29-18-22)28(32)24-17-23(33-3)10-12-25(24)34-4/h6,8-13,16-18H,7,14-15,19-20H2,1-5H3. The quantitative estimate of drug-likeness (QED) is 0.329. The lowest BCUT2D eigenvalue weighted by Crippen LogP contribution is -2.30. The van der Waals surface area contributed by atoms with E-state index in [4.69, 9.17) is 18.9 Å². The number of aromatic nitrogens is 1. The molecule has 2 aromatic carbocycles. The van der Waals surface area contributed by atoms with Crippen LogP contribution < -0.4 is 18.9 Å². The maximum atomic E-state index is 13.8. The second-order valence-electron chi connectivity index (χ2n) is 8.58. The Morgan fingerprint density at radius 1 is 0.861 bits per heavy atom. The first-order chi connectivity index (χ1) is 17.4. The summed E-state index contributed by atoms with van der Waals surface area (Å²) in [4.78, 5) is 21.9. The summed E-state index contributed by atoms with van der Waals surface area (Å²) in [6, 6.07) is 14.8. The highest BCUT2D eigenvalue weighted by Gasteiger charge is 2.22. The molecule has 1 amide bonds. The molecule has 0 atom stereocenters. The van der Waals surface area contributed by atoms with E-state index in [2.05, 4.69) is 9.88 Å². The van der Waals surface area contributed by atoms with E-state index in [-0.39, 0.29) is 5.91 Å². The van der Waals surface area contributed by atoms with E-state index in [0.717, 1.165) is 24.1 Å². The number of carbonyl (C=O) groups excluding carboxylic acids is 1. The number of pyridine rings is 1. The van der Waals surface area contributed by atoms with Crippen molar-refractivity contribution >= 4 is 5.91 Å². The summed E-state index contributed by atoms with van der Waals surface area (Å²) in [5, 5.41) is 0. The third-order valence-corrected chi connectivity index (χ3v) is 5.63. The fraction of sp³-hybridized carbons (Fsp3) is 0.357. The zero-order chi connectivity index (χ0) is 25.9. The second-order valence-corrected chi connectivity index (χ2v) is 8.58. The van der Waals surface area contributed by atoms with Crippen molar-refractivity contribution in [3.05, 3.63) is 77.6 Å². The number of rotatable bonds is 13. The summed E-state index contributed by atoms with van der Waals surface area (Å²) in [6.07, 6.45) is 4.36. The van der Waals surface area contributed by atoms with Crippen LogP contribution in [0.4, 0.5) is 0 Å². The smallest absolute Gasteiger partial charge is 0.258 e. The molecule has 0 spiro atoms. The lowest BCUT2D eigenvalue weighted by atomic mass is 10.1. The molecule has 0 aliphatic heterocycles. The van der Waals surface area contributed by atoms with E-state index < -0.39 is 0 Å². The monoisotopic (exact) mass is 493 g/mol. The summed E-state index contributed by atoms with van der Waals surface area (Å²) in [5.41, 5.74) is 2.26. The van der Waals surface area contributed by atoms with Crippen LogP contribution in [0.3, 0.4) is 0 Å². The van der Waals surface area contributed by atoms with Gasteiger partial charge in [-0.3, -0.25) is 9.78 Å². The third kappa shape index (κ3) is 7.36. The zero-order valence-electron chi connectivity index (χ0n) is 21.7. The number of amides is 1. The van der Waals surface area contributed by atoms with Gasteiger partial charge in [0.2, 0.25) is 0 Å². The van der Waals surface area contributed by atoms with Crippen LogP contribution in [0.5, 0.6) is 23.0 Å². The van der Waals surface area contributed by atoms with Crippen molar-refractivity contribution in [2.75, 3.05) is 48.6 Å². The van der Waals surface area contributed by atoms with E-state index in [9.17, 15) is 4.79 Å². The van der Waals surface area contributed by atoms with Crippen molar-refractivity contribution in [2.24, 2.45) is 0 Å². The Kier molecular flexibility index (Phi) is 9.94. The first-order valence-electron chi connectivity index (χ1n) is 11.8. The number of hydrogen-bond acceptors (Lipinski definition) is 7. The fourth-order valence-electron chi connectivity index (χ4n) is 3.78. The van der Waals surface area contributed by atoms with Gasteiger partial charge in [0.1, 0.15) is 11.5 Å². The number of benzene rings is 2. The number of ether oxygens (including phenoxy) is 4. The van der Waals surface area contributed by atoms with E-state index in [0.29, 0.717) is 48.3 Å². The highest BCUT2D eigenvalue weighted by molar-refractivity contribution is 5.97. The molecule has 1 aromatic heterocycles. The molecule has 0 N–H and O–H groups in total. The van der Waals surface area contributed by atoms with Crippen LogP contribution in [0.25, 0.3) is 0 Å². The molecule has 1 heterocycles. The molecule has 0 aliphatic carbocycles. The largest absolute Gasteiger partial charge is 0.497 e. The topological polar surface area (TPSA) is 73.4 Å². The molecular weight excluding hydrogens is 458 g/mol. The van der Waals surface area contributed by atoms with Crippen molar-refractivity contribution in [3.63, 3.8) is 0 Å². The van der Waals surface area contributed by atoms with Gasteiger partial charge in [-0.25, -0.2) is 0 Å². The van der Waals surface area contributed by atoms with Crippen LogP contribution in [-0.2, 0) is 13.1 Å². The Labute approximate surface area is 213 Å². The third-order valence-electron chi connectivity index (χ3n) is 5.63. The van der Waals surface area contributed by atoms with Crippen LogP contribution in [0.2, 0.25) is 0 Å². The van der Waals surface area contributed by atoms with Gasteiger partial charge in [-0.05, 0) is 68.0 Å². The first-order valence-corrected chi connectivity index (χ1v) is 11.8. The van der Waals surface area contributed by atoms with Gasteiger partial charge in [0.25, 0.3) is 5.91 Å². The molecular formula is C28H35N3O5. The molecule has 3 aromatic rings. The highest BCUT2D eigenvalue weighted by Crippen LogP contribution is 2.30. The normalized spacial score (nSPS) is 10.7. The van der Waals surface area contributed by atoms with Gasteiger partial charge >= 0.3 is 0 Å². The zero-order valence-corrected chi connectivity index (χ0v) is 21.7. The first kappa shape index (κ1) is 26.8. The van der Waals surface area contributed by atoms with Crippen molar-refractivity contribution in [3.8, 4) is 23.0 Å². The maximum absolute atomic E-state index is 13.8. The van der Waals surface area contributed by atoms with Gasteiger partial charge in [-0.2, -0.15) is 0 Å². The minimum absolute atomic E-state index is 0.182. The van der Waals surface area contributed by atoms with E-state index in [1.807, 2.05) is 44.4 Å².